The molecule has 0 fully saturated rings. The summed E-state index contributed by atoms with van der Waals surface area (Å²) in [5, 5.41) is 8.70. The minimum absolute atomic E-state index is 0.217. The van der Waals surface area contributed by atoms with Crippen LogP contribution in [0.3, 0.4) is 0 Å². The SMILES string of the molecule is CCOC(=O)c1c(C)cc2c(c1C)C(=O)O/C2=C\C#N. The van der Waals surface area contributed by atoms with Crippen molar-refractivity contribution in [2.24, 2.45) is 0 Å². The van der Waals surface area contributed by atoms with Gasteiger partial charge >= 0.3 is 11.9 Å². The Bertz CT molecular complexity index is 680. The van der Waals surface area contributed by atoms with Crippen LogP contribution in [0.15, 0.2) is 12.1 Å². The minimum atomic E-state index is -0.551. The Hall–Kier alpha value is -2.61. The first-order valence-corrected chi connectivity index (χ1v) is 6.14. The number of cyclic esters (lactones) is 1. The summed E-state index contributed by atoms with van der Waals surface area (Å²) in [6.07, 6.45) is 1.17. The number of ether oxygens (including phenoxy) is 2. The summed E-state index contributed by atoms with van der Waals surface area (Å²) >= 11 is 0. The van der Waals surface area contributed by atoms with Gasteiger partial charge in [0.05, 0.1) is 29.9 Å². The van der Waals surface area contributed by atoms with Crippen LogP contribution in [0.2, 0.25) is 0 Å². The largest absolute Gasteiger partial charge is 0.462 e. The number of esters is 2. The molecule has 0 saturated heterocycles. The van der Waals surface area contributed by atoms with Crippen molar-refractivity contribution in [1.82, 2.24) is 0 Å². The first-order chi connectivity index (χ1) is 9.51. The van der Waals surface area contributed by atoms with E-state index in [0.29, 0.717) is 27.8 Å². The second-order valence-electron chi connectivity index (χ2n) is 4.36. The summed E-state index contributed by atoms with van der Waals surface area (Å²) in [6, 6.07) is 3.51. The third kappa shape index (κ3) is 2.05. The Morgan fingerprint density at radius 1 is 1.50 bits per heavy atom. The van der Waals surface area contributed by atoms with E-state index >= 15 is 0 Å². The van der Waals surface area contributed by atoms with Crippen molar-refractivity contribution in [2.75, 3.05) is 6.61 Å². The number of carbonyl (C=O) groups excluding carboxylic acids is 2. The molecule has 1 aromatic rings. The molecule has 0 aliphatic carbocycles. The van der Waals surface area contributed by atoms with E-state index in [1.165, 1.54) is 6.08 Å². The molecular formula is C15H13NO4. The number of aryl methyl sites for hydroxylation is 1. The summed E-state index contributed by atoms with van der Waals surface area (Å²) in [6.45, 7) is 5.41. The second-order valence-corrected chi connectivity index (χ2v) is 4.36. The van der Waals surface area contributed by atoms with Crippen LogP contribution < -0.4 is 0 Å². The van der Waals surface area contributed by atoms with Crippen molar-refractivity contribution < 1.29 is 19.1 Å². The third-order valence-corrected chi connectivity index (χ3v) is 3.12. The van der Waals surface area contributed by atoms with Crippen LogP contribution >= 0.6 is 0 Å². The standard InChI is InChI=1S/C15H13NO4/c1-4-19-14(17)12-8(2)7-10-11(5-6-16)20-15(18)13(10)9(12)3/h5,7H,4H2,1-3H3/b11-5-. The molecule has 0 unspecified atom stereocenters. The summed E-state index contributed by atoms with van der Waals surface area (Å²) in [4.78, 5) is 23.8. The molecule has 1 aliphatic rings. The highest BCUT2D eigenvalue weighted by Crippen LogP contribution is 2.35. The molecule has 0 spiro atoms. The van der Waals surface area contributed by atoms with Crippen LogP contribution in [-0.4, -0.2) is 18.5 Å². The lowest BCUT2D eigenvalue weighted by Crippen LogP contribution is -2.12. The van der Waals surface area contributed by atoms with Crippen LogP contribution in [0.1, 0.15) is 44.3 Å². The molecule has 5 heteroatoms. The highest BCUT2D eigenvalue weighted by atomic mass is 16.5. The molecule has 0 amide bonds. The lowest BCUT2D eigenvalue weighted by Gasteiger charge is -2.11. The van der Waals surface area contributed by atoms with Gasteiger partial charge in [0.25, 0.3) is 0 Å². The molecule has 102 valence electrons. The van der Waals surface area contributed by atoms with Gasteiger partial charge in [-0.3, -0.25) is 0 Å². The maximum absolute atomic E-state index is 12.0. The number of rotatable bonds is 2. The zero-order valence-corrected chi connectivity index (χ0v) is 11.4. The monoisotopic (exact) mass is 271 g/mol. The molecule has 20 heavy (non-hydrogen) atoms. The van der Waals surface area contributed by atoms with E-state index in [-0.39, 0.29) is 12.4 Å². The zero-order valence-electron chi connectivity index (χ0n) is 11.4. The highest BCUT2D eigenvalue weighted by molar-refractivity contribution is 6.07. The van der Waals surface area contributed by atoms with Crippen molar-refractivity contribution in [1.29, 1.82) is 5.26 Å². The van der Waals surface area contributed by atoms with Crippen molar-refractivity contribution in [3.63, 3.8) is 0 Å². The molecule has 1 aliphatic heterocycles. The molecule has 0 atom stereocenters. The van der Waals surface area contributed by atoms with Gasteiger partial charge in [0.15, 0.2) is 0 Å². The van der Waals surface area contributed by atoms with E-state index < -0.39 is 11.9 Å². The number of allylic oxidation sites excluding steroid dienone is 1. The summed E-state index contributed by atoms with van der Waals surface area (Å²) < 4.78 is 10.1. The third-order valence-electron chi connectivity index (χ3n) is 3.12. The molecule has 1 aromatic carbocycles. The van der Waals surface area contributed by atoms with Gasteiger partial charge in [0.1, 0.15) is 5.76 Å². The Morgan fingerprint density at radius 2 is 2.20 bits per heavy atom. The number of fused-ring (bicyclic) bond motifs is 1. The Balaban J connectivity index is 2.67. The molecule has 5 nitrogen and oxygen atoms in total. The number of benzene rings is 1. The van der Waals surface area contributed by atoms with E-state index in [4.69, 9.17) is 14.7 Å². The van der Waals surface area contributed by atoms with Gasteiger partial charge in [-0.2, -0.15) is 5.26 Å². The molecule has 0 radical (unpaired) electrons. The predicted molar refractivity (Wildman–Crippen MR) is 70.9 cm³/mol. The number of nitriles is 1. The molecule has 0 aromatic heterocycles. The van der Waals surface area contributed by atoms with E-state index in [0.717, 1.165) is 0 Å². The zero-order chi connectivity index (χ0) is 14.9. The number of carbonyl (C=O) groups is 2. The van der Waals surface area contributed by atoms with Gasteiger partial charge in [-0.1, -0.05) is 0 Å². The predicted octanol–water partition coefficient (Wildman–Crippen LogP) is 2.52. The Labute approximate surface area is 116 Å². The van der Waals surface area contributed by atoms with Gasteiger partial charge in [-0.25, -0.2) is 9.59 Å². The number of hydrogen-bond donors (Lipinski definition) is 0. The smallest absolute Gasteiger partial charge is 0.344 e. The molecule has 0 N–H and O–H groups in total. The van der Waals surface area contributed by atoms with Crippen molar-refractivity contribution in [3.05, 3.63) is 40.0 Å². The first kappa shape index (κ1) is 13.8. The maximum Gasteiger partial charge on any atom is 0.344 e. The van der Waals surface area contributed by atoms with Crippen molar-refractivity contribution >= 4 is 17.7 Å². The summed E-state index contributed by atoms with van der Waals surface area (Å²) in [5.41, 5.74) is 2.44. The Kier molecular flexibility index (Phi) is 3.57. The van der Waals surface area contributed by atoms with Gasteiger partial charge < -0.3 is 9.47 Å². The van der Waals surface area contributed by atoms with Crippen LogP contribution in [0.5, 0.6) is 0 Å². The summed E-state index contributed by atoms with van der Waals surface area (Å²) in [5.74, 6) is -0.797. The number of hydrogen-bond acceptors (Lipinski definition) is 5. The highest BCUT2D eigenvalue weighted by Gasteiger charge is 2.32. The molecule has 1 heterocycles. The van der Waals surface area contributed by atoms with Crippen LogP contribution in [-0.2, 0) is 9.47 Å². The average molecular weight is 271 g/mol. The molecule has 0 saturated carbocycles. The second kappa shape index (κ2) is 5.17. The fourth-order valence-electron chi connectivity index (χ4n) is 2.33. The van der Waals surface area contributed by atoms with E-state index in [1.807, 2.05) is 6.07 Å². The molecular weight excluding hydrogens is 258 g/mol. The quantitative estimate of drug-likeness (QED) is 0.610. The van der Waals surface area contributed by atoms with Crippen molar-refractivity contribution in [3.8, 4) is 6.07 Å². The van der Waals surface area contributed by atoms with Gasteiger partial charge in [-0.05, 0) is 38.0 Å². The van der Waals surface area contributed by atoms with Crippen molar-refractivity contribution in [2.45, 2.75) is 20.8 Å². The van der Waals surface area contributed by atoms with E-state index in [2.05, 4.69) is 0 Å². The van der Waals surface area contributed by atoms with Crippen LogP contribution in [0.25, 0.3) is 5.76 Å². The molecule has 2 rings (SSSR count). The van der Waals surface area contributed by atoms with Crippen LogP contribution in [0, 0.1) is 25.2 Å². The van der Waals surface area contributed by atoms with E-state index in [9.17, 15) is 9.59 Å². The van der Waals surface area contributed by atoms with Gasteiger partial charge in [-0.15, -0.1) is 0 Å². The average Bonchev–Trinajstić information content (AvgIpc) is 2.67. The van der Waals surface area contributed by atoms with E-state index in [1.54, 1.807) is 26.8 Å². The van der Waals surface area contributed by atoms with Crippen LogP contribution in [0.4, 0.5) is 0 Å². The minimum Gasteiger partial charge on any atom is -0.462 e. The fraction of sp³-hybridized carbons (Fsp3) is 0.267. The fourth-order valence-corrected chi connectivity index (χ4v) is 2.33. The molecule has 0 bridgehead atoms. The summed E-state index contributed by atoms with van der Waals surface area (Å²) in [7, 11) is 0. The lowest BCUT2D eigenvalue weighted by molar-refractivity contribution is 0.0524. The first-order valence-electron chi connectivity index (χ1n) is 6.14. The Morgan fingerprint density at radius 3 is 2.80 bits per heavy atom. The maximum atomic E-state index is 12.0. The number of nitrogens with zero attached hydrogens (tertiary/aromatic N) is 1. The normalized spacial score (nSPS) is 14.7. The lowest BCUT2D eigenvalue weighted by atomic mass is 9.93. The van der Waals surface area contributed by atoms with Gasteiger partial charge in [0, 0.05) is 5.56 Å². The topological polar surface area (TPSA) is 76.4 Å². The van der Waals surface area contributed by atoms with Gasteiger partial charge in [0.2, 0.25) is 0 Å².